The van der Waals surface area contributed by atoms with Crippen LogP contribution in [0.25, 0.3) is 0 Å². The molecule has 3 rings (SSSR count). The molecule has 0 spiro atoms. The van der Waals surface area contributed by atoms with Crippen molar-refractivity contribution in [2.75, 3.05) is 17.2 Å². The van der Waals surface area contributed by atoms with Crippen LogP contribution >= 0.6 is 23.2 Å². The van der Waals surface area contributed by atoms with Crippen molar-refractivity contribution in [3.05, 3.63) is 63.6 Å². The summed E-state index contributed by atoms with van der Waals surface area (Å²) in [5, 5.41) is 23.0. The number of amides is 1. The van der Waals surface area contributed by atoms with E-state index in [1.807, 2.05) is 19.1 Å². The second-order valence-corrected chi connectivity index (χ2v) is 6.74. The Labute approximate surface area is 176 Å². The van der Waals surface area contributed by atoms with Crippen LogP contribution in [-0.4, -0.2) is 39.0 Å². The van der Waals surface area contributed by atoms with Crippen molar-refractivity contribution in [1.82, 2.24) is 25.9 Å². The maximum atomic E-state index is 12.1. The van der Waals surface area contributed by atoms with Crippen molar-refractivity contribution >= 4 is 46.7 Å². The van der Waals surface area contributed by atoms with Gasteiger partial charge in [-0.1, -0.05) is 40.4 Å². The number of anilines is 2. The highest BCUT2D eigenvalue weighted by molar-refractivity contribution is 6.35. The standard InChI is InChI=1S/C18H18Cl2N8O/c1-2-21-17(23-15-8-13(19)7-14(20)9-15)22-10-11-3-5-12(6-4-11)16(29)24-18-25-27-28-26-18/h3-9H,2,10H2,1H3,(H2,21,22,23)(H2,24,25,26,27,28,29). The van der Waals surface area contributed by atoms with Gasteiger partial charge in [0.25, 0.3) is 11.9 Å². The number of carbonyl (C=O) groups is 1. The largest absolute Gasteiger partial charge is 0.356 e. The zero-order valence-corrected chi connectivity index (χ0v) is 16.9. The van der Waals surface area contributed by atoms with Crippen LogP contribution in [0.15, 0.2) is 47.5 Å². The zero-order chi connectivity index (χ0) is 20.6. The molecular formula is C18H18Cl2N8O. The lowest BCUT2D eigenvalue weighted by atomic mass is 10.1. The molecule has 0 aliphatic rings. The van der Waals surface area contributed by atoms with Crippen LogP contribution in [0.2, 0.25) is 10.0 Å². The normalized spacial score (nSPS) is 11.2. The van der Waals surface area contributed by atoms with E-state index >= 15 is 0 Å². The van der Waals surface area contributed by atoms with Crippen molar-refractivity contribution in [3.8, 4) is 0 Å². The molecule has 0 aliphatic heterocycles. The van der Waals surface area contributed by atoms with E-state index in [1.165, 1.54) is 0 Å². The number of aromatic nitrogens is 4. The van der Waals surface area contributed by atoms with Gasteiger partial charge < -0.3 is 10.6 Å². The molecule has 29 heavy (non-hydrogen) atoms. The third kappa shape index (κ3) is 6.16. The van der Waals surface area contributed by atoms with Gasteiger partial charge >= 0.3 is 0 Å². The second kappa shape index (κ2) is 9.85. The molecule has 1 heterocycles. The van der Waals surface area contributed by atoms with Gasteiger partial charge in [-0.05, 0) is 48.0 Å². The highest BCUT2D eigenvalue weighted by Crippen LogP contribution is 2.22. The highest BCUT2D eigenvalue weighted by Gasteiger charge is 2.08. The van der Waals surface area contributed by atoms with E-state index in [-0.39, 0.29) is 11.9 Å². The number of benzene rings is 2. The van der Waals surface area contributed by atoms with Crippen molar-refractivity contribution in [2.24, 2.45) is 4.99 Å². The van der Waals surface area contributed by atoms with Gasteiger partial charge in [0.15, 0.2) is 5.96 Å². The Bertz CT molecular complexity index is 969. The summed E-state index contributed by atoms with van der Waals surface area (Å²) in [7, 11) is 0. The number of nitrogens with zero attached hydrogens (tertiary/aromatic N) is 4. The van der Waals surface area contributed by atoms with Gasteiger partial charge in [0.2, 0.25) is 0 Å². The minimum Gasteiger partial charge on any atom is -0.356 e. The van der Waals surface area contributed by atoms with Gasteiger partial charge in [0.05, 0.1) is 6.54 Å². The summed E-state index contributed by atoms with van der Waals surface area (Å²) in [6.07, 6.45) is 0. The van der Waals surface area contributed by atoms with Gasteiger partial charge in [-0.25, -0.2) is 4.99 Å². The average molecular weight is 433 g/mol. The number of tetrazole rings is 1. The molecule has 0 unspecified atom stereocenters. The van der Waals surface area contributed by atoms with E-state index in [1.54, 1.807) is 30.3 Å². The van der Waals surface area contributed by atoms with E-state index in [4.69, 9.17) is 23.2 Å². The lowest BCUT2D eigenvalue weighted by Crippen LogP contribution is -2.30. The molecule has 11 heteroatoms. The van der Waals surface area contributed by atoms with Gasteiger partial charge in [-0.2, -0.15) is 5.21 Å². The topological polar surface area (TPSA) is 120 Å². The molecule has 1 aromatic heterocycles. The Balaban J connectivity index is 1.65. The molecule has 0 fully saturated rings. The van der Waals surface area contributed by atoms with Crippen LogP contribution in [0.1, 0.15) is 22.8 Å². The average Bonchev–Trinajstić information content (AvgIpc) is 3.19. The van der Waals surface area contributed by atoms with Crippen LogP contribution < -0.4 is 16.0 Å². The number of rotatable bonds is 6. The summed E-state index contributed by atoms with van der Waals surface area (Å²) >= 11 is 12.1. The van der Waals surface area contributed by atoms with Crippen LogP contribution in [0, 0.1) is 0 Å². The molecule has 0 saturated carbocycles. The maximum Gasteiger partial charge on any atom is 0.270 e. The molecule has 0 aliphatic carbocycles. The lowest BCUT2D eigenvalue weighted by Gasteiger charge is -2.12. The molecular weight excluding hydrogens is 415 g/mol. The quantitative estimate of drug-likeness (QED) is 0.350. The second-order valence-electron chi connectivity index (χ2n) is 5.86. The molecule has 9 nitrogen and oxygen atoms in total. The number of carbonyl (C=O) groups excluding carboxylic acids is 1. The highest BCUT2D eigenvalue weighted by atomic mass is 35.5. The Morgan fingerprint density at radius 1 is 1.10 bits per heavy atom. The van der Waals surface area contributed by atoms with Crippen LogP contribution in [0.4, 0.5) is 11.6 Å². The third-order valence-electron chi connectivity index (χ3n) is 3.68. The number of hydrogen-bond acceptors (Lipinski definition) is 5. The van der Waals surface area contributed by atoms with E-state index < -0.39 is 0 Å². The zero-order valence-electron chi connectivity index (χ0n) is 15.4. The fraction of sp³-hybridized carbons (Fsp3) is 0.167. The van der Waals surface area contributed by atoms with Crippen molar-refractivity contribution in [2.45, 2.75) is 13.5 Å². The number of H-pyrrole nitrogens is 1. The summed E-state index contributed by atoms with van der Waals surface area (Å²) in [6.45, 7) is 3.07. The molecule has 1 amide bonds. The third-order valence-corrected chi connectivity index (χ3v) is 4.11. The predicted octanol–water partition coefficient (Wildman–Crippen LogP) is 3.34. The first-order chi connectivity index (χ1) is 14.0. The SMILES string of the molecule is CCNC(=NCc1ccc(C(=O)Nc2nn[nH]n2)cc1)Nc1cc(Cl)cc(Cl)c1. The summed E-state index contributed by atoms with van der Waals surface area (Å²) in [5.74, 6) is 0.380. The summed E-state index contributed by atoms with van der Waals surface area (Å²) in [6, 6.07) is 12.3. The van der Waals surface area contributed by atoms with Gasteiger partial charge in [-0.15, -0.1) is 5.10 Å². The number of hydrogen-bond donors (Lipinski definition) is 4. The van der Waals surface area contributed by atoms with Crippen molar-refractivity contribution in [1.29, 1.82) is 0 Å². The number of guanidine groups is 1. The molecule has 0 atom stereocenters. The van der Waals surface area contributed by atoms with Gasteiger partial charge in [0, 0.05) is 27.8 Å². The molecule has 3 aromatic rings. The van der Waals surface area contributed by atoms with Crippen molar-refractivity contribution in [3.63, 3.8) is 0 Å². The van der Waals surface area contributed by atoms with E-state index in [0.717, 1.165) is 11.3 Å². The van der Waals surface area contributed by atoms with Gasteiger partial charge in [0.1, 0.15) is 0 Å². The fourth-order valence-corrected chi connectivity index (χ4v) is 2.92. The molecule has 4 N–H and O–H groups in total. The monoisotopic (exact) mass is 432 g/mol. The fourth-order valence-electron chi connectivity index (χ4n) is 2.39. The molecule has 0 bridgehead atoms. The first kappa shape index (κ1) is 20.6. The van der Waals surface area contributed by atoms with E-state index in [9.17, 15) is 4.79 Å². The number of nitrogens with one attached hydrogen (secondary N) is 4. The van der Waals surface area contributed by atoms with Crippen LogP contribution in [-0.2, 0) is 6.54 Å². The van der Waals surface area contributed by atoms with E-state index in [0.29, 0.717) is 34.7 Å². The Kier molecular flexibility index (Phi) is 6.99. The summed E-state index contributed by atoms with van der Waals surface area (Å²) in [5.41, 5.74) is 2.14. The smallest absolute Gasteiger partial charge is 0.270 e. The number of aliphatic imine (C=N–C) groups is 1. The molecule has 150 valence electrons. The molecule has 0 radical (unpaired) electrons. The molecule has 0 saturated heterocycles. The van der Waals surface area contributed by atoms with Crippen molar-refractivity contribution < 1.29 is 4.79 Å². The minimum atomic E-state index is -0.325. The Morgan fingerprint density at radius 2 is 1.83 bits per heavy atom. The first-order valence-corrected chi connectivity index (χ1v) is 9.44. The minimum absolute atomic E-state index is 0.117. The lowest BCUT2D eigenvalue weighted by molar-refractivity contribution is 0.102. The summed E-state index contributed by atoms with van der Waals surface area (Å²) < 4.78 is 0. The molecule has 2 aromatic carbocycles. The predicted molar refractivity (Wildman–Crippen MR) is 113 cm³/mol. The van der Waals surface area contributed by atoms with Crippen LogP contribution in [0.5, 0.6) is 0 Å². The van der Waals surface area contributed by atoms with E-state index in [2.05, 4.69) is 41.6 Å². The summed E-state index contributed by atoms with van der Waals surface area (Å²) in [4.78, 5) is 16.7. The maximum absolute atomic E-state index is 12.1. The Morgan fingerprint density at radius 3 is 2.45 bits per heavy atom. The first-order valence-electron chi connectivity index (χ1n) is 8.68. The van der Waals surface area contributed by atoms with Gasteiger partial charge in [-0.3, -0.25) is 10.1 Å². The van der Waals surface area contributed by atoms with Crippen LogP contribution in [0.3, 0.4) is 0 Å². The Hall–Kier alpha value is -3.17. The number of halogens is 2. The number of aromatic amines is 1.